The molecule has 1 fully saturated rings. The minimum absolute atomic E-state index is 0.0464. The lowest BCUT2D eigenvalue weighted by Gasteiger charge is -2.33. The topological polar surface area (TPSA) is 57.6 Å². The fraction of sp³-hybridized carbons (Fsp3) is 0.333. The number of carbonyl (C=O) groups is 2. The smallest absolute Gasteiger partial charge is 0.407 e. The number of hydrogen-bond donors (Lipinski definition) is 1. The molecule has 1 aromatic rings. The Morgan fingerprint density at radius 2 is 1.89 bits per heavy atom. The molecule has 0 saturated carbocycles. The van der Waals surface area contributed by atoms with Crippen molar-refractivity contribution in [2.45, 2.75) is 18.9 Å². The predicted octanol–water partition coefficient (Wildman–Crippen LogP) is 2.35. The fourth-order valence-corrected chi connectivity index (χ4v) is 2.12. The number of Topliss-reactive ketones (excluding diaryl/α,β-unsaturated/α-hetero) is 1. The van der Waals surface area contributed by atoms with E-state index in [-0.39, 0.29) is 30.7 Å². The summed E-state index contributed by atoms with van der Waals surface area (Å²) in [6.07, 6.45) is -1.10. The molecule has 1 atom stereocenters. The number of ketones is 1. The van der Waals surface area contributed by atoms with Crippen molar-refractivity contribution >= 4 is 11.9 Å². The average molecular weight is 255 g/mol. The summed E-state index contributed by atoms with van der Waals surface area (Å²) in [6, 6.07) is 2.01. The largest absolute Gasteiger partial charge is 0.465 e. The highest BCUT2D eigenvalue weighted by Gasteiger charge is 2.32. The number of carbonyl (C=O) groups excluding carboxylic acids is 1. The number of amides is 1. The zero-order chi connectivity index (χ0) is 13.3. The normalized spacial score (nSPS) is 20.0. The average Bonchev–Trinajstić information content (AvgIpc) is 2.27. The second-order valence-electron chi connectivity index (χ2n) is 4.19. The third-order valence-electron chi connectivity index (χ3n) is 2.94. The number of piperidine rings is 1. The lowest BCUT2D eigenvalue weighted by Crippen LogP contribution is -2.40. The van der Waals surface area contributed by atoms with Crippen molar-refractivity contribution in [1.29, 1.82) is 0 Å². The van der Waals surface area contributed by atoms with Gasteiger partial charge in [0.1, 0.15) is 17.4 Å². The molecule has 0 aliphatic carbocycles. The lowest BCUT2D eigenvalue weighted by molar-refractivity contribution is -0.122. The number of nitrogens with zero attached hydrogens (tertiary/aromatic N) is 1. The van der Waals surface area contributed by atoms with Crippen molar-refractivity contribution in [1.82, 2.24) is 4.90 Å². The molecule has 96 valence electrons. The maximum Gasteiger partial charge on any atom is 0.407 e. The van der Waals surface area contributed by atoms with Crippen LogP contribution in [-0.4, -0.2) is 28.4 Å². The highest BCUT2D eigenvalue weighted by atomic mass is 19.1. The summed E-state index contributed by atoms with van der Waals surface area (Å²) >= 11 is 0. The van der Waals surface area contributed by atoms with Crippen molar-refractivity contribution in [2.24, 2.45) is 0 Å². The second kappa shape index (κ2) is 4.72. The molecule has 1 amide bonds. The Hall–Kier alpha value is -1.98. The number of benzene rings is 1. The fourth-order valence-electron chi connectivity index (χ4n) is 2.12. The van der Waals surface area contributed by atoms with Crippen LogP contribution in [0.4, 0.5) is 13.6 Å². The van der Waals surface area contributed by atoms with Crippen molar-refractivity contribution in [2.75, 3.05) is 6.54 Å². The Morgan fingerprint density at radius 3 is 2.44 bits per heavy atom. The van der Waals surface area contributed by atoms with Gasteiger partial charge in [-0.15, -0.1) is 0 Å². The first-order chi connectivity index (χ1) is 8.47. The molecule has 0 aromatic heterocycles. The van der Waals surface area contributed by atoms with Gasteiger partial charge in [-0.3, -0.25) is 4.79 Å². The Balaban J connectivity index is 2.37. The molecule has 0 bridgehead atoms. The van der Waals surface area contributed by atoms with E-state index in [1.165, 1.54) is 0 Å². The van der Waals surface area contributed by atoms with E-state index in [1.807, 2.05) is 0 Å². The van der Waals surface area contributed by atoms with Crippen molar-refractivity contribution in [3.63, 3.8) is 0 Å². The van der Waals surface area contributed by atoms with E-state index in [9.17, 15) is 18.4 Å². The minimum Gasteiger partial charge on any atom is -0.465 e. The summed E-state index contributed by atoms with van der Waals surface area (Å²) in [6.45, 7) is 0.0525. The molecule has 0 radical (unpaired) electrons. The highest BCUT2D eigenvalue weighted by Crippen LogP contribution is 2.30. The van der Waals surface area contributed by atoms with E-state index < -0.39 is 23.8 Å². The van der Waals surface area contributed by atoms with Crippen molar-refractivity contribution in [3.8, 4) is 0 Å². The van der Waals surface area contributed by atoms with E-state index in [4.69, 9.17) is 5.11 Å². The Labute approximate surface area is 102 Å². The third kappa shape index (κ3) is 2.47. The number of carboxylic acid groups (broad SMARTS) is 1. The van der Waals surface area contributed by atoms with Gasteiger partial charge in [-0.25, -0.2) is 13.6 Å². The molecular formula is C12H11F2NO3. The molecule has 1 N–H and O–H groups in total. The Bertz CT molecular complexity index is 484. The summed E-state index contributed by atoms with van der Waals surface area (Å²) in [5.41, 5.74) is 0.169. The van der Waals surface area contributed by atoms with Crippen LogP contribution in [0.1, 0.15) is 24.4 Å². The van der Waals surface area contributed by atoms with Crippen molar-refractivity contribution < 1.29 is 23.5 Å². The van der Waals surface area contributed by atoms with Gasteiger partial charge in [-0.1, -0.05) is 0 Å². The first kappa shape index (κ1) is 12.5. The summed E-state index contributed by atoms with van der Waals surface area (Å²) in [4.78, 5) is 23.5. The van der Waals surface area contributed by atoms with Gasteiger partial charge in [0.25, 0.3) is 0 Å². The van der Waals surface area contributed by atoms with Gasteiger partial charge in [-0.2, -0.15) is 0 Å². The predicted molar refractivity (Wildman–Crippen MR) is 58.1 cm³/mol. The van der Waals surface area contributed by atoms with Gasteiger partial charge in [-0.05, 0) is 17.7 Å². The maximum absolute atomic E-state index is 13.1. The molecule has 18 heavy (non-hydrogen) atoms. The summed E-state index contributed by atoms with van der Waals surface area (Å²) < 4.78 is 26.2. The number of rotatable bonds is 1. The molecule has 1 aliphatic heterocycles. The molecule has 1 saturated heterocycles. The van der Waals surface area contributed by atoms with Crippen molar-refractivity contribution in [3.05, 3.63) is 35.4 Å². The Kier molecular flexibility index (Phi) is 3.27. The zero-order valence-corrected chi connectivity index (χ0v) is 9.40. The quantitative estimate of drug-likeness (QED) is 0.838. The molecule has 1 aromatic carbocycles. The van der Waals surface area contributed by atoms with Crippen LogP contribution >= 0.6 is 0 Å². The molecule has 0 spiro atoms. The van der Waals surface area contributed by atoms with Gasteiger partial charge in [0, 0.05) is 25.5 Å². The van der Waals surface area contributed by atoms with Gasteiger partial charge < -0.3 is 10.0 Å². The summed E-state index contributed by atoms with van der Waals surface area (Å²) in [7, 11) is 0. The van der Waals surface area contributed by atoms with Crippen LogP contribution in [0.3, 0.4) is 0 Å². The first-order valence-corrected chi connectivity index (χ1v) is 5.44. The summed E-state index contributed by atoms with van der Waals surface area (Å²) in [5, 5.41) is 9.02. The van der Waals surface area contributed by atoms with Gasteiger partial charge in [0.15, 0.2) is 0 Å². The molecule has 4 nitrogen and oxygen atoms in total. The lowest BCUT2D eigenvalue weighted by atomic mass is 9.94. The first-order valence-electron chi connectivity index (χ1n) is 5.44. The SMILES string of the molecule is O=C1CCN(C(=O)O)C(c2cc(F)cc(F)c2)C1. The molecule has 2 rings (SSSR count). The second-order valence-corrected chi connectivity index (χ2v) is 4.19. The van der Waals surface area contributed by atoms with Crippen LogP contribution in [0.2, 0.25) is 0 Å². The van der Waals surface area contributed by atoms with E-state index >= 15 is 0 Å². The van der Waals surface area contributed by atoms with Crippen LogP contribution in [-0.2, 0) is 4.79 Å². The Morgan fingerprint density at radius 1 is 1.28 bits per heavy atom. The van der Waals surface area contributed by atoms with Crippen LogP contribution in [0.5, 0.6) is 0 Å². The molecule has 1 aliphatic rings. The zero-order valence-electron chi connectivity index (χ0n) is 9.40. The van der Waals surface area contributed by atoms with Gasteiger partial charge >= 0.3 is 6.09 Å². The van der Waals surface area contributed by atoms with Gasteiger partial charge in [0.2, 0.25) is 0 Å². The van der Waals surface area contributed by atoms with Gasteiger partial charge in [0.05, 0.1) is 6.04 Å². The van der Waals surface area contributed by atoms with Crippen LogP contribution < -0.4 is 0 Å². The molecular weight excluding hydrogens is 244 g/mol. The minimum atomic E-state index is -1.20. The van der Waals surface area contributed by atoms with E-state index in [1.54, 1.807) is 0 Å². The number of halogens is 2. The standard InChI is InChI=1S/C12H11F2NO3/c13-8-3-7(4-9(14)5-8)11-6-10(16)1-2-15(11)12(17)18/h3-5,11H,1-2,6H2,(H,17,18). The molecule has 1 unspecified atom stereocenters. The monoisotopic (exact) mass is 255 g/mol. The molecule has 6 heteroatoms. The third-order valence-corrected chi connectivity index (χ3v) is 2.94. The van der Waals surface area contributed by atoms with E-state index in [0.29, 0.717) is 6.07 Å². The molecule has 1 heterocycles. The summed E-state index contributed by atoms with van der Waals surface area (Å²) in [5.74, 6) is -1.68. The van der Waals surface area contributed by atoms with Crippen LogP contribution in [0, 0.1) is 11.6 Å². The van der Waals surface area contributed by atoms with Crippen LogP contribution in [0.25, 0.3) is 0 Å². The van der Waals surface area contributed by atoms with Crippen LogP contribution in [0.15, 0.2) is 18.2 Å². The number of likely N-dealkylation sites (tertiary alicyclic amines) is 1. The maximum atomic E-state index is 13.1. The van der Waals surface area contributed by atoms with E-state index in [0.717, 1.165) is 17.0 Å². The highest BCUT2D eigenvalue weighted by molar-refractivity contribution is 5.82. The van der Waals surface area contributed by atoms with E-state index in [2.05, 4.69) is 0 Å². The number of hydrogen-bond acceptors (Lipinski definition) is 2.